The lowest BCUT2D eigenvalue weighted by Gasteiger charge is -2.18. The van der Waals surface area contributed by atoms with Crippen molar-refractivity contribution < 1.29 is 4.74 Å². The molecule has 5 heteroatoms. The highest BCUT2D eigenvalue weighted by Crippen LogP contribution is 2.16. The summed E-state index contributed by atoms with van der Waals surface area (Å²) in [6, 6.07) is 7.98. The Labute approximate surface area is 113 Å². The Morgan fingerprint density at radius 2 is 2.11 bits per heavy atom. The molecular weight excluding hydrogens is 240 g/mol. The van der Waals surface area contributed by atoms with Gasteiger partial charge in [-0.3, -0.25) is 4.98 Å². The predicted octanol–water partition coefficient (Wildman–Crippen LogP) is 1.58. The number of aromatic nitrogens is 2. The van der Waals surface area contributed by atoms with Gasteiger partial charge in [0, 0.05) is 20.1 Å². The Bertz CT molecular complexity index is 527. The first-order valence-corrected chi connectivity index (χ1v) is 6.08. The zero-order chi connectivity index (χ0) is 13.7. The SMILES string of the molecule is COc1cccc(CN(C)c2cnc(CN)cn2)c1. The van der Waals surface area contributed by atoms with Gasteiger partial charge in [0.1, 0.15) is 11.6 Å². The van der Waals surface area contributed by atoms with Gasteiger partial charge in [-0.2, -0.15) is 0 Å². The van der Waals surface area contributed by atoms with Gasteiger partial charge in [0.05, 0.1) is 25.2 Å². The molecule has 0 fully saturated rings. The summed E-state index contributed by atoms with van der Waals surface area (Å²) in [5.41, 5.74) is 7.45. The van der Waals surface area contributed by atoms with Crippen LogP contribution in [0.4, 0.5) is 5.82 Å². The molecule has 0 aliphatic rings. The maximum atomic E-state index is 5.50. The van der Waals surface area contributed by atoms with Gasteiger partial charge in [0.25, 0.3) is 0 Å². The Morgan fingerprint density at radius 1 is 1.26 bits per heavy atom. The average Bonchev–Trinajstić information content (AvgIpc) is 2.47. The number of ether oxygens (including phenoxy) is 1. The first-order chi connectivity index (χ1) is 9.22. The highest BCUT2D eigenvalue weighted by Gasteiger charge is 2.05. The van der Waals surface area contributed by atoms with Gasteiger partial charge in [-0.15, -0.1) is 0 Å². The fourth-order valence-electron chi connectivity index (χ4n) is 1.78. The largest absolute Gasteiger partial charge is 0.497 e. The number of hydrogen-bond donors (Lipinski definition) is 1. The third kappa shape index (κ3) is 3.42. The van der Waals surface area contributed by atoms with Crippen LogP contribution in [0.5, 0.6) is 5.75 Å². The first kappa shape index (κ1) is 13.3. The maximum absolute atomic E-state index is 5.50. The number of benzene rings is 1. The monoisotopic (exact) mass is 258 g/mol. The fraction of sp³-hybridized carbons (Fsp3) is 0.286. The van der Waals surface area contributed by atoms with Gasteiger partial charge >= 0.3 is 0 Å². The Morgan fingerprint density at radius 3 is 2.74 bits per heavy atom. The van der Waals surface area contributed by atoms with Crippen molar-refractivity contribution in [1.82, 2.24) is 9.97 Å². The van der Waals surface area contributed by atoms with E-state index in [1.165, 1.54) is 0 Å². The molecule has 0 unspecified atom stereocenters. The molecule has 0 aliphatic heterocycles. The van der Waals surface area contributed by atoms with Crippen LogP contribution in [-0.4, -0.2) is 24.1 Å². The van der Waals surface area contributed by atoms with Gasteiger partial charge in [0.2, 0.25) is 0 Å². The Hall–Kier alpha value is -2.14. The minimum Gasteiger partial charge on any atom is -0.497 e. The lowest BCUT2D eigenvalue weighted by Crippen LogP contribution is -2.18. The van der Waals surface area contributed by atoms with Crippen molar-refractivity contribution >= 4 is 5.82 Å². The molecule has 1 aromatic heterocycles. The summed E-state index contributed by atoms with van der Waals surface area (Å²) in [6.07, 6.45) is 3.44. The minimum atomic E-state index is 0.410. The van der Waals surface area contributed by atoms with Crippen LogP contribution in [0.1, 0.15) is 11.3 Å². The predicted molar refractivity (Wildman–Crippen MR) is 75.0 cm³/mol. The molecule has 1 heterocycles. The zero-order valence-electron chi connectivity index (χ0n) is 11.2. The minimum absolute atomic E-state index is 0.410. The van der Waals surface area contributed by atoms with E-state index in [0.717, 1.165) is 29.4 Å². The molecule has 1 aromatic carbocycles. The van der Waals surface area contributed by atoms with Gasteiger partial charge in [-0.1, -0.05) is 12.1 Å². The molecular formula is C14H18N4O. The highest BCUT2D eigenvalue weighted by atomic mass is 16.5. The summed E-state index contributed by atoms with van der Waals surface area (Å²) in [7, 11) is 3.64. The molecule has 2 N–H and O–H groups in total. The Balaban J connectivity index is 2.08. The van der Waals surface area contributed by atoms with Crippen molar-refractivity contribution in [2.24, 2.45) is 5.73 Å². The normalized spacial score (nSPS) is 10.3. The van der Waals surface area contributed by atoms with E-state index in [9.17, 15) is 0 Å². The second kappa shape index (κ2) is 6.15. The molecule has 0 bridgehead atoms. The quantitative estimate of drug-likeness (QED) is 0.882. The number of hydrogen-bond acceptors (Lipinski definition) is 5. The molecule has 0 spiro atoms. The number of rotatable bonds is 5. The van der Waals surface area contributed by atoms with Crippen LogP contribution in [0.15, 0.2) is 36.7 Å². The summed E-state index contributed by atoms with van der Waals surface area (Å²) >= 11 is 0. The van der Waals surface area contributed by atoms with E-state index < -0.39 is 0 Å². The molecule has 19 heavy (non-hydrogen) atoms. The van der Waals surface area contributed by atoms with Crippen molar-refractivity contribution in [3.8, 4) is 5.75 Å². The molecule has 0 saturated carbocycles. The van der Waals surface area contributed by atoms with Crippen molar-refractivity contribution in [2.75, 3.05) is 19.1 Å². The van der Waals surface area contributed by atoms with Crippen LogP contribution >= 0.6 is 0 Å². The molecule has 2 aromatic rings. The highest BCUT2D eigenvalue weighted by molar-refractivity contribution is 5.37. The first-order valence-electron chi connectivity index (χ1n) is 6.08. The van der Waals surface area contributed by atoms with Crippen LogP contribution in [0.2, 0.25) is 0 Å². The van der Waals surface area contributed by atoms with Crippen LogP contribution in [-0.2, 0) is 13.1 Å². The van der Waals surface area contributed by atoms with E-state index in [2.05, 4.69) is 16.0 Å². The van der Waals surface area contributed by atoms with Crippen molar-refractivity contribution in [2.45, 2.75) is 13.1 Å². The smallest absolute Gasteiger partial charge is 0.147 e. The summed E-state index contributed by atoms with van der Waals surface area (Å²) in [6.45, 7) is 1.15. The van der Waals surface area contributed by atoms with E-state index in [0.29, 0.717) is 6.54 Å². The van der Waals surface area contributed by atoms with Crippen LogP contribution in [0, 0.1) is 0 Å². The van der Waals surface area contributed by atoms with E-state index in [1.54, 1.807) is 19.5 Å². The average molecular weight is 258 g/mol. The molecule has 100 valence electrons. The van der Waals surface area contributed by atoms with Crippen molar-refractivity contribution in [1.29, 1.82) is 0 Å². The second-order valence-electron chi connectivity index (χ2n) is 4.28. The van der Waals surface area contributed by atoms with E-state index in [4.69, 9.17) is 10.5 Å². The van der Waals surface area contributed by atoms with Gasteiger partial charge in [0.15, 0.2) is 0 Å². The molecule has 0 saturated heterocycles. The summed E-state index contributed by atoms with van der Waals surface area (Å²) < 4.78 is 5.21. The molecule has 5 nitrogen and oxygen atoms in total. The number of methoxy groups -OCH3 is 1. The van der Waals surface area contributed by atoms with E-state index in [-0.39, 0.29) is 0 Å². The summed E-state index contributed by atoms with van der Waals surface area (Å²) in [5, 5.41) is 0. The van der Waals surface area contributed by atoms with E-state index in [1.807, 2.05) is 30.1 Å². The number of nitrogens with two attached hydrogens (primary N) is 1. The molecule has 0 atom stereocenters. The van der Waals surface area contributed by atoms with Crippen LogP contribution in [0.25, 0.3) is 0 Å². The maximum Gasteiger partial charge on any atom is 0.147 e. The summed E-state index contributed by atoms with van der Waals surface area (Å²) in [5.74, 6) is 1.68. The van der Waals surface area contributed by atoms with Crippen LogP contribution in [0.3, 0.4) is 0 Å². The zero-order valence-corrected chi connectivity index (χ0v) is 11.2. The number of anilines is 1. The van der Waals surface area contributed by atoms with Gasteiger partial charge in [-0.25, -0.2) is 4.98 Å². The van der Waals surface area contributed by atoms with Crippen molar-refractivity contribution in [3.63, 3.8) is 0 Å². The van der Waals surface area contributed by atoms with E-state index >= 15 is 0 Å². The summed E-state index contributed by atoms with van der Waals surface area (Å²) in [4.78, 5) is 10.6. The van der Waals surface area contributed by atoms with Crippen molar-refractivity contribution in [3.05, 3.63) is 47.9 Å². The van der Waals surface area contributed by atoms with Gasteiger partial charge < -0.3 is 15.4 Å². The standard InChI is InChI=1S/C14H18N4O/c1-18(14-9-16-12(7-15)8-17-14)10-11-4-3-5-13(6-11)19-2/h3-6,8-9H,7,10,15H2,1-2H3. The van der Waals surface area contributed by atoms with Crippen LogP contribution < -0.4 is 15.4 Å². The molecule has 0 amide bonds. The third-order valence-electron chi connectivity index (χ3n) is 2.85. The molecule has 0 radical (unpaired) electrons. The fourth-order valence-corrected chi connectivity index (χ4v) is 1.78. The topological polar surface area (TPSA) is 64.3 Å². The van der Waals surface area contributed by atoms with Gasteiger partial charge in [-0.05, 0) is 17.7 Å². The molecule has 0 aliphatic carbocycles. The third-order valence-corrected chi connectivity index (χ3v) is 2.85. The second-order valence-corrected chi connectivity index (χ2v) is 4.28. The number of nitrogens with zero attached hydrogens (tertiary/aromatic N) is 3. The lowest BCUT2D eigenvalue weighted by molar-refractivity contribution is 0.414. The Kier molecular flexibility index (Phi) is 4.30. The lowest BCUT2D eigenvalue weighted by atomic mass is 10.2. The molecule has 2 rings (SSSR count).